The van der Waals surface area contributed by atoms with Crippen molar-refractivity contribution >= 4 is 88.0 Å². The number of aromatic nitrogens is 2. The Labute approximate surface area is 587 Å². The largest absolute Gasteiger partial charge is 0.490 e. The van der Waals surface area contributed by atoms with Gasteiger partial charge in [-0.1, -0.05) is 61.4 Å². The summed E-state index contributed by atoms with van der Waals surface area (Å²) in [7, 11) is -3.57. The van der Waals surface area contributed by atoms with E-state index in [0.717, 1.165) is 34.4 Å². The summed E-state index contributed by atoms with van der Waals surface area (Å²) in [5.74, 6) is -2.88. The lowest BCUT2D eigenvalue weighted by Crippen LogP contribution is -2.36. The monoisotopic (exact) mass is 1460 g/mol. The number of ether oxygens (including phenoxy) is 4. The molecule has 102 heavy (non-hydrogen) atoms. The standard InChI is InChI=1S/2C34H40N4O5S.2C2HF3O2/c2*1-5-42-30-20-24(13-16-29(30)43-22(2)3)32(37-26-14-15-28-23(19-26)17-18-36-33(28)35)34(39)38(4)21-25-9-6-7-12-31(25)44(40,41)27-10-8-11-27;2*3-2(4,5)1(6)7/h2*6-7,9,12-20,22,27,32,37H,5,8,10-11,21H2,1-4H3,(H2,35,36);2*(H,6,7)/t2*32-;;/m10../s1. The molecule has 8 N–H and O–H groups in total. The quantitative estimate of drug-likeness (QED) is 0.0306. The van der Waals surface area contributed by atoms with E-state index in [9.17, 15) is 52.8 Å². The third kappa shape index (κ3) is 20.6. The fourth-order valence-electron chi connectivity index (χ4n) is 10.8. The van der Waals surface area contributed by atoms with E-state index in [2.05, 4.69) is 20.6 Å². The van der Waals surface area contributed by atoms with Crippen LogP contribution in [0.5, 0.6) is 23.0 Å². The van der Waals surface area contributed by atoms with E-state index in [-0.39, 0.29) is 47.6 Å². The Morgan fingerprint density at radius 1 is 0.529 bits per heavy atom. The van der Waals surface area contributed by atoms with Gasteiger partial charge in [0.15, 0.2) is 42.7 Å². The lowest BCUT2D eigenvalue weighted by molar-refractivity contribution is -0.193. The number of nitrogens with one attached hydrogen (secondary N) is 2. The second kappa shape index (κ2) is 34.5. The predicted octanol–water partition coefficient (Wildman–Crippen LogP) is 13.5. The average Bonchev–Trinajstić information content (AvgIpc) is 0.790. The smallest absolute Gasteiger partial charge is 0.490 e. The van der Waals surface area contributed by atoms with Crippen molar-refractivity contribution in [1.29, 1.82) is 0 Å². The van der Waals surface area contributed by atoms with Crippen molar-refractivity contribution in [1.82, 2.24) is 19.8 Å². The first kappa shape index (κ1) is 79.2. The first-order valence-electron chi connectivity index (χ1n) is 32.5. The van der Waals surface area contributed by atoms with Crippen molar-refractivity contribution in [2.45, 2.75) is 150 Å². The highest BCUT2D eigenvalue weighted by Gasteiger charge is 2.40. The van der Waals surface area contributed by atoms with Gasteiger partial charge in [0, 0.05) is 61.7 Å². The van der Waals surface area contributed by atoms with E-state index in [1.54, 1.807) is 84.8 Å². The van der Waals surface area contributed by atoms with Crippen LogP contribution in [0.15, 0.2) is 156 Å². The summed E-state index contributed by atoms with van der Waals surface area (Å²) in [4.78, 5) is 58.4. The summed E-state index contributed by atoms with van der Waals surface area (Å²) in [5.41, 5.74) is 16.1. The molecule has 2 atom stereocenters. The number of nitrogens with two attached hydrogens (primary N) is 2. The van der Waals surface area contributed by atoms with Crippen molar-refractivity contribution in [2.24, 2.45) is 0 Å². The number of pyridine rings is 2. The molecule has 0 spiro atoms. The molecule has 22 nitrogen and oxygen atoms in total. The normalized spacial score (nSPS) is 13.8. The van der Waals surface area contributed by atoms with Gasteiger partial charge in [0.05, 0.1) is 45.7 Å². The number of rotatable bonds is 24. The first-order chi connectivity index (χ1) is 48.0. The maximum Gasteiger partial charge on any atom is 0.490 e. The Hall–Kier alpha value is -10.1. The van der Waals surface area contributed by atoms with E-state index in [0.29, 0.717) is 117 Å². The molecule has 2 heterocycles. The molecule has 0 saturated heterocycles. The van der Waals surface area contributed by atoms with E-state index in [1.807, 2.05) is 126 Å². The van der Waals surface area contributed by atoms with Gasteiger partial charge in [0.25, 0.3) is 0 Å². The number of carbonyl (C=O) groups is 4. The summed E-state index contributed by atoms with van der Waals surface area (Å²) in [6, 6.07) is 38.3. The zero-order valence-electron chi connectivity index (χ0n) is 57.2. The highest BCUT2D eigenvalue weighted by atomic mass is 32.2. The third-order valence-corrected chi connectivity index (χ3v) is 20.9. The van der Waals surface area contributed by atoms with Crippen molar-refractivity contribution in [3.63, 3.8) is 0 Å². The van der Waals surface area contributed by atoms with Gasteiger partial charge in [0.2, 0.25) is 11.8 Å². The highest BCUT2D eigenvalue weighted by Crippen LogP contribution is 2.39. The fraction of sp³-hybridized carbons (Fsp3) is 0.361. The maximum atomic E-state index is 14.3. The van der Waals surface area contributed by atoms with Gasteiger partial charge >= 0.3 is 24.3 Å². The van der Waals surface area contributed by atoms with Crippen LogP contribution in [0.25, 0.3) is 21.5 Å². The number of hydrogen-bond acceptors (Lipinski definition) is 18. The summed E-state index contributed by atoms with van der Waals surface area (Å²) in [5, 5.41) is 23.8. The van der Waals surface area contributed by atoms with Crippen LogP contribution in [0.1, 0.15) is 114 Å². The van der Waals surface area contributed by atoms with Crippen LogP contribution in [0.3, 0.4) is 0 Å². The minimum Gasteiger partial charge on any atom is -0.490 e. The van der Waals surface area contributed by atoms with Crippen LogP contribution in [0, 0.1) is 0 Å². The number of amides is 2. The van der Waals surface area contributed by atoms with Crippen LogP contribution in [-0.2, 0) is 51.9 Å². The zero-order chi connectivity index (χ0) is 75.0. The third-order valence-electron chi connectivity index (χ3n) is 16.2. The summed E-state index contributed by atoms with van der Waals surface area (Å²) >= 11 is 0. The van der Waals surface area contributed by atoms with Crippen molar-refractivity contribution in [2.75, 3.05) is 49.4 Å². The molecule has 0 unspecified atom stereocenters. The number of hydrogen-bond donors (Lipinski definition) is 6. The van der Waals surface area contributed by atoms with Crippen LogP contribution in [-0.4, -0.2) is 133 Å². The number of sulfone groups is 2. The van der Waals surface area contributed by atoms with Gasteiger partial charge in [-0.3, -0.25) is 9.59 Å². The molecule has 0 aliphatic heterocycles. The number of carbonyl (C=O) groups excluding carboxylic acids is 2. The number of aliphatic carboxylic acids is 2. The van der Waals surface area contributed by atoms with Gasteiger partial charge in [-0.2, -0.15) is 26.3 Å². The van der Waals surface area contributed by atoms with E-state index in [4.69, 9.17) is 50.2 Å². The second-order valence-electron chi connectivity index (χ2n) is 24.4. The molecule has 10 rings (SSSR count). The molecule has 2 aliphatic carbocycles. The average molecular weight is 1460 g/mol. The van der Waals surface area contributed by atoms with E-state index in [1.165, 1.54) is 0 Å². The van der Waals surface area contributed by atoms with Crippen LogP contribution in [0.4, 0.5) is 49.4 Å². The molecule has 2 amide bonds. The van der Waals surface area contributed by atoms with Gasteiger partial charge in [-0.05, 0) is 185 Å². The van der Waals surface area contributed by atoms with Gasteiger partial charge in [0.1, 0.15) is 23.7 Å². The van der Waals surface area contributed by atoms with Crippen LogP contribution >= 0.6 is 0 Å². The van der Waals surface area contributed by atoms with E-state index < -0.39 is 56.0 Å². The summed E-state index contributed by atoms with van der Waals surface area (Å²) in [6.07, 6.45) is -2.47. The number of fused-ring (bicyclic) bond motifs is 2. The van der Waals surface area contributed by atoms with E-state index >= 15 is 0 Å². The Morgan fingerprint density at radius 3 is 1.18 bits per heavy atom. The number of nitrogens with zero attached hydrogens (tertiary/aromatic N) is 4. The van der Waals surface area contributed by atoms with Crippen molar-refractivity contribution in [3.05, 3.63) is 168 Å². The highest BCUT2D eigenvalue weighted by molar-refractivity contribution is 7.92. The van der Waals surface area contributed by atoms with Gasteiger partial charge < -0.3 is 61.1 Å². The number of nitrogen functional groups attached to an aromatic ring is 2. The SMILES string of the molecule is CCOc1cc([C@@H](Nc2ccc3c(N)nccc3c2)C(=O)N(C)Cc2ccccc2S(=O)(=O)C2CCC2)ccc1OC(C)C.CCOc1cc([C@H](Nc2ccc3c(N)nccc3c2)C(=O)N(C)Cc2ccccc2S(=O)(=O)C2CCC2)ccc1OC(C)C.O=C(O)C(F)(F)F.O=C(O)C(F)(F)F. The topological polar surface area (TPSA) is 322 Å². The molecule has 2 aromatic heterocycles. The first-order valence-corrected chi connectivity index (χ1v) is 35.6. The minimum absolute atomic E-state index is 0.0578. The molecule has 2 fully saturated rings. The zero-order valence-corrected chi connectivity index (χ0v) is 58.8. The Kier molecular flexibility index (Phi) is 26.8. The lowest BCUT2D eigenvalue weighted by atomic mass is 10.00. The Balaban J connectivity index is 0.000000241. The summed E-state index contributed by atoms with van der Waals surface area (Å²) in [6.45, 7) is 12.7. The molecular formula is C72H82F6N8O14S2. The molecule has 548 valence electrons. The summed E-state index contributed by atoms with van der Waals surface area (Å²) < 4.78 is 141. The molecule has 2 saturated carbocycles. The Bertz CT molecular complexity index is 4220. The molecule has 0 radical (unpaired) electrons. The van der Waals surface area contributed by atoms with Gasteiger partial charge in [-0.25, -0.2) is 36.4 Å². The predicted molar refractivity (Wildman–Crippen MR) is 375 cm³/mol. The number of halogens is 6. The molecule has 30 heteroatoms. The molecule has 2 aliphatic rings. The number of benzene rings is 6. The van der Waals surface area contributed by atoms with Crippen LogP contribution in [0.2, 0.25) is 0 Å². The second-order valence-corrected chi connectivity index (χ2v) is 28.8. The fourth-order valence-corrected chi connectivity index (χ4v) is 15.0. The van der Waals surface area contributed by atoms with Gasteiger partial charge in [-0.15, -0.1) is 0 Å². The number of alkyl halides is 6. The lowest BCUT2D eigenvalue weighted by Gasteiger charge is -2.29. The molecular weight excluding hydrogens is 1380 g/mol. The molecule has 0 bridgehead atoms. The van der Waals surface area contributed by atoms with Crippen molar-refractivity contribution in [3.8, 4) is 23.0 Å². The molecule has 6 aromatic carbocycles. The Morgan fingerprint density at radius 2 is 0.873 bits per heavy atom. The van der Waals surface area contributed by atoms with Crippen LogP contribution < -0.4 is 41.0 Å². The maximum absolute atomic E-state index is 14.3. The number of anilines is 4. The van der Waals surface area contributed by atoms with Crippen molar-refractivity contribution < 1.29 is 91.5 Å². The molecule has 8 aromatic rings. The minimum atomic E-state index is -5.08. The number of likely N-dealkylation sites (N-methyl/N-ethyl adjacent to an activating group) is 2. The number of carboxylic acids is 2. The number of carboxylic acid groups (broad SMARTS) is 2.